The van der Waals surface area contributed by atoms with Gasteiger partial charge in [0.25, 0.3) is 0 Å². The SMILES string of the molecule is CCOC(=O)c1ccc(NCc2ccc(O)cn2)cc1. The number of rotatable bonds is 5. The molecule has 2 N–H and O–H groups in total. The number of ether oxygens (including phenoxy) is 1. The summed E-state index contributed by atoms with van der Waals surface area (Å²) < 4.78 is 4.92. The number of esters is 1. The number of hydrogen-bond donors (Lipinski definition) is 2. The van der Waals surface area contributed by atoms with Gasteiger partial charge in [0, 0.05) is 5.69 Å². The molecule has 0 unspecified atom stereocenters. The molecule has 0 aliphatic heterocycles. The molecule has 1 aromatic heterocycles. The second-order valence-electron chi connectivity index (χ2n) is 4.16. The van der Waals surface area contributed by atoms with Gasteiger partial charge in [-0.25, -0.2) is 4.79 Å². The Balaban J connectivity index is 1.93. The first-order valence-electron chi connectivity index (χ1n) is 6.34. The van der Waals surface area contributed by atoms with Crippen LogP contribution in [-0.4, -0.2) is 22.7 Å². The molecular weight excluding hydrogens is 256 g/mol. The minimum Gasteiger partial charge on any atom is -0.506 e. The lowest BCUT2D eigenvalue weighted by atomic mass is 10.2. The molecule has 0 atom stereocenters. The van der Waals surface area contributed by atoms with E-state index in [1.807, 2.05) is 12.1 Å². The van der Waals surface area contributed by atoms with Crippen LogP contribution in [0.5, 0.6) is 5.75 Å². The predicted octanol–water partition coefficient (Wildman–Crippen LogP) is 2.58. The number of nitrogens with zero attached hydrogens (tertiary/aromatic N) is 1. The minimum absolute atomic E-state index is 0.146. The molecule has 5 nitrogen and oxygen atoms in total. The third-order valence-corrected chi connectivity index (χ3v) is 2.68. The maximum Gasteiger partial charge on any atom is 0.338 e. The van der Waals surface area contributed by atoms with Crippen molar-refractivity contribution in [2.45, 2.75) is 13.5 Å². The first kappa shape index (κ1) is 13.9. The zero-order chi connectivity index (χ0) is 14.4. The van der Waals surface area contributed by atoms with Gasteiger partial charge < -0.3 is 15.2 Å². The predicted molar refractivity (Wildman–Crippen MR) is 75.6 cm³/mol. The number of nitrogens with one attached hydrogen (secondary N) is 1. The normalized spacial score (nSPS) is 10.1. The van der Waals surface area contributed by atoms with E-state index in [2.05, 4.69) is 10.3 Å². The van der Waals surface area contributed by atoms with Gasteiger partial charge in [-0.15, -0.1) is 0 Å². The van der Waals surface area contributed by atoms with Crippen molar-refractivity contribution < 1.29 is 14.6 Å². The number of anilines is 1. The van der Waals surface area contributed by atoms with Crippen LogP contribution in [0.4, 0.5) is 5.69 Å². The van der Waals surface area contributed by atoms with Crippen molar-refractivity contribution in [1.29, 1.82) is 0 Å². The van der Waals surface area contributed by atoms with E-state index in [-0.39, 0.29) is 11.7 Å². The Labute approximate surface area is 117 Å². The summed E-state index contributed by atoms with van der Waals surface area (Å²) >= 11 is 0. The lowest BCUT2D eigenvalue weighted by Gasteiger charge is -2.07. The van der Waals surface area contributed by atoms with Crippen molar-refractivity contribution in [1.82, 2.24) is 4.98 Å². The number of carbonyl (C=O) groups excluding carboxylic acids is 1. The molecule has 0 radical (unpaired) electrons. The standard InChI is InChI=1S/C15H16N2O3/c1-2-20-15(19)11-3-5-12(6-4-11)16-9-13-7-8-14(18)10-17-13/h3-8,10,16,18H,2,9H2,1H3. The van der Waals surface area contributed by atoms with Gasteiger partial charge in [0.15, 0.2) is 0 Å². The van der Waals surface area contributed by atoms with Crippen LogP contribution in [0, 0.1) is 0 Å². The zero-order valence-electron chi connectivity index (χ0n) is 11.2. The van der Waals surface area contributed by atoms with Crippen LogP contribution in [0.2, 0.25) is 0 Å². The van der Waals surface area contributed by atoms with Crippen molar-refractivity contribution in [2.24, 2.45) is 0 Å². The molecule has 0 spiro atoms. The highest BCUT2D eigenvalue weighted by Gasteiger charge is 2.05. The molecular formula is C15H16N2O3. The topological polar surface area (TPSA) is 71.5 Å². The largest absolute Gasteiger partial charge is 0.506 e. The number of pyridine rings is 1. The Morgan fingerprint density at radius 1 is 1.25 bits per heavy atom. The van der Waals surface area contributed by atoms with Gasteiger partial charge >= 0.3 is 5.97 Å². The van der Waals surface area contributed by atoms with Crippen molar-refractivity contribution in [3.05, 3.63) is 53.9 Å². The maximum absolute atomic E-state index is 11.5. The van der Waals surface area contributed by atoms with Crippen molar-refractivity contribution in [2.75, 3.05) is 11.9 Å². The molecule has 5 heteroatoms. The third-order valence-electron chi connectivity index (χ3n) is 2.68. The molecule has 104 valence electrons. The van der Waals surface area contributed by atoms with E-state index in [9.17, 15) is 4.79 Å². The Morgan fingerprint density at radius 3 is 2.60 bits per heavy atom. The fourth-order valence-electron chi connectivity index (χ4n) is 1.65. The van der Waals surface area contributed by atoms with Gasteiger partial charge in [-0.05, 0) is 43.3 Å². The van der Waals surface area contributed by atoms with Gasteiger partial charge in [0.1, 0.15) is 5.75 Å². The molecule has 1 aromatic carbocycles. The lowest BCUT2D eigenvalue weighted by Crippen LogP contribution is -2.05. The Hall–Kier alpha value is -2.56. The van der Waals surface area contributed by atoms with Crippen molar-refractivity contribution in [3.63, 3.8) is 0 Å². The van der Waals surface area contributed by atoms with Gasteiger partial charge in [-0.1, -0.05) is 0 Å². The molecule has 2 aromatic rings. The highest BCUT2D eigenvalue weighted by Crippen LogP contribution is 2.12. The molecule has 0 saturated carbocycles. The van der Waals surface area contributed by atoms with Crippen LogP contribution in [0.25, 0.3) is 0 Å². The van der Waals surface area contributed by atoms with Crippen molar-refractivity contribution in [3.8, 4) is 5.75 Å². The molecule has 0 fully saturated rings. The van der Waals surface area contributed by atoms with E-state index in [4.69, 9.17) is 9.84 Å². The summed E-state index contributed by atoms with van der Waals surface area (Å²) in [7, 11) is 0. The van der Waals surface area contributed by atoms with Crippen LogP contribution < -0.4 is 5.32 Å². The highest BCUT2D eigenvalue weighted by atomic mass is 16.5. The molecule has 0 aliphatic carbocycles. The summed E-state index contributed by atoms with van der Waals surface area (Å²) in [6.45, 7) is 2.68. The zero-order valence-corrected chi connectivity index (χ0v) is 11.2. The fourth-order valence-corrected chi connectivity index (χ4v) is 1.65. The summed E-state index contributed by atoms with van der Waals surface area (Å²) in [6.07, 6.45) is 1.40. The van der Waals surface area contributed by atoms with E-state index in [1.165, 1.54) is 6.20 Å². The van der Waals surface area contributed by atoms with Gasteiger partial charge in [0.2, 0.25) is 0 Å². The average Bonchev–Trinajstić information content (AvgIpc) is 2.47. The Morgan fingerprint density at radius 2 is 2.00 bits per heavy atom. The summed E-state index contributed by atoms with van der Waals surface area (Å²) in [6, 6.07) is 10.4. The first-order valence-corrected chi connectivity index (χ1v) is 6.34. The smallest absolute Gasteiger partial charge is 0.338 e. The van der Waals surface area contributed by atoms with Crippen LogP contribution in [-0.2, 0) is 11.3 Å². The van der Waals surface area contributed by atoms with Gasteiger partial charge in [-0.3, -0.25) is 4.98 Å². The molecule has 0 aliphatic rings. The average molecular weight is 272 g/mol. The number of aromatic nitrogens is 1. The number of benzene rings is 1. The molecule has 0 bridgehead atoms. The van der Waals surface area contributed by atoms with Gasteiger partial charge in [-0.2, -0.15) is 0 Å². The Kier molecular flexibility index (Phi) is 4.55. The maximum atomic E-state index is 11.5. The highest BCUT2D eigenvalue weighted by molar-refractivity contribution is 5.89. The molecule has 1 heterocycles. The van der Waals surface area contributed by atoms with E-state index in [0.717, 1.165) is 11.4 Å². The molecule has 20 heavy (non-hydrogen) atoms. The van der Waals surface area contributed by atoms with E-state index < -0.39 is 0 Å². The van der Waals surface area contributed by atoms with Crippen LogP contribution >= 0.6 is 0 Å². The summed E-state index contributed by atoms with van der Waals surface area (Å²) in [4.78, 5) is 15.6. The minimum atomic E-state index is -0.320. The van der Waals surface area contributed by atoms with Crippen LogP contribution in [0.3, 0.4) is 0 Å². The second kappa shape index (κ2) is 6.56. The number of aromatic hydroxyl groups is 1. The van der Waals surface area contributed by atoms with Crippen LogP contribution in [0.1, 0.15) is 23.0 Å². The Bertz CT molecular complexity index is 565. The summed E-state index contributed by atoms with van der Waals surface area (Å²) in [5.41, 5.74) is 2.23. The van der Waals surface area contributed by atoms with E-state index in [0.29, 0.717) is 18.7 Å². The molecule has 2 rings (SSSR count). The number of hydrogen-bond acceptors (Lipinski definition) is 5. The van der Waals surface area contributed by atoms with E-state index in [1.54, 1.807) is 31.2 Å². The fraction of sp³-hybridized carbons (Fsp3) is 0.200. The summed E-state index contributed by atoms with van der Waals surface area (Å²) in [5, 5.41) is 12.3. The second-order valence-corrected chi connectivity index (χ2v) is 4.16. The van der Waals surface area contributed by atoms with E-state index >= 15 is 0 Å². The first-order chi connectivity index (χ1) is 9.69. The quantitative estimate of drug-likeness (QED) is 0.818. The molecule has 0 saturated heterocycles. The molecule has 0 amide bonds. The lowest BCUT2D eigenvalue weighted by molar-refractivity contribution is 0.0526. The van der Waals surface area contributed by atoms with Gasteiger partial charge in [0.05, 0.1) is 30.6 Å². The third kappa shape index (κ3) is 3.71. The summed E-state index contributed by atoms with van der Waals surface area (Å²) in [5.74, 6) is -0.174. The monoisotopic (exact) mass is 272 g/mol. The number of carbonyl (C=O) groups is 1. The van der Waals surface area contributed by atoms with Crippen LogP contribution in [0.15, 0.2) is 42.6 Å². The van der Waals surface area contributed by atoms with Crippen molar-refractivity contribution >= 4 is 11.7 Å².